The largest absolute Gasteiger partial charge is 0.369 e. The molecule has 0 saturated heterocycles. The van der Waals surface area contributed by atoms with E-state index in [0.717, 1.165) is 35.0 Å². The van der Waals surface area contributed by atoms with Crippen LogP contribution in [0.4, 0.5) is 11.6 Å². The van der Waals surface area contributed by atoms with E-state index in [-0.39, 0.29) is 0 Å². The number of anilines is 2. The van der Waals surface area contributed by atoms with Crippen molar-refractivity contribution in [3.05, 3.63) is 10.8 Å². The van der Waals surface area contributed by atoms with E-state index in [2.05, 4.69) is 42.8 Å². The summed E-state index contributed by atoms with van der Waals surface area (Å²) in [4.78, 5) is 8.32. The third-order valence-electron chi connectivity index (χ3n) is 1.73. The molecule has 0 saturated carbocycles. The van der Waals surface area contributed by atoms with Crippen molar-refractivity contribution in [2.24, 2.45) is 0 Å². The first-order valence-electron chi connectivity index (χ1n) is 4.76. The van der Waals surface area contributed by atoms with Crippen LogP contribution in [0.2, 0.25) is 0 Å². The average Bonchev–Trinajstić information content (AvgIpc) is 2.24. The second kappa shape index (κ2) is 6.90. The molecule has 1 rings (SSSR count). The maximum Gasteiger partial charge on any atom is 0.145 e. The maximum absolute atomic E-state index is 4.17. The SMILES string of the molecule is CCNc1ncnc(NCCSC)c1Br. The minimum absolute atomic E-state index is 0.833. The van der Waals surface area contributed by atoms with Crippen LogP contribution < -0.4 is 10.6 Å². The molecule has 0 radical (unpaired) electrons. The van der Waals surface area contributed by atoms with Gasteiger partial charge in [0.25, 0.3) is 0 Å². The summed E-state index contributed by atoms with van der Waals surface area (Å²) in [7, 11) is 0. The fraction of sp³-hybridized carbons (Fsp3) is 0.556. The van der Waals surface area contributed by atoms with E-state index in [1.165, 1.54) is 0 Å². The van der Waals surface area contributed by atoms with Gasteiger partial charge in [0.2, 0.25) is 0 Å². The van der Waals surface area contributed by atoms with Crippen molar-refractivity contribution in [3.63, 3.8) is 0 Å². The van der Waals surface area contributed by atoms with E-state index in [1.807, 2.05) is 6.92 Å². The molecule has 0 bridgehead atoms. The highest BCUT2D eigenvalue weighted by atomic mass is 79.9. The lowest BCUT2D eigenvalue weighted by Gasteiger charge is -2.10. The van der Waals surface area contributed by atoms with E-state index in [4.69, 9.17) is 0 Å². The molecule has 15 heavy (non-hydrogen) atoms. The van der Waals surface area contributed by atoms with Crippen molar-refractivity contribution < 1.29 is 0 Å². The molecule has 1 aromatic heterocycles. The molecule has 1 aromatic rings. The minimum Gasteiger partial charge on any atom is -0.369 e. The van der Waals surface area contributed by atoms with Gasteiger partial charge >= 0.3 is 0 Å². The Morgan fingerprint density at radius 1 is 1.33 bits per heavy atom. The lowest BCUT2D eigenvalue weighted by atomic mass is 10.5. The van der Waals surface area contributed by atoms with Gasteiger partial charge in [-0.2, -0.15) is 11.8 Å². The summed E-state index contributed by atoms with van der Waals surface area (Å²) < 4.78 is 0.896. The summed E-state index contributed by atoms with van der Waals surface area (Å²) in [6, 6.07) is 0. The van der Waals surface area contributed by atoms with Gasteiger partial charge in [0.05, 0.1) is 0 Å². The standard InChI is InChI=1S/C9H15BrN4S/c1-3-11-8-7(10)9(14-6-13-8)12-4-5-15-2/h6H,3-5H2,1-2H3,(H2,11,12,13,14). The first kappa shape index (κ1) is 12.6. The molecule has 0 unspecified atom stereocenters. The van der Waals surface area contributed by atoms with Gasteiger partial charge in [-0.3, -0.25) is 0 Å². The smallest absolute Gasteiger partial charge is 0.145 e. The van der Waals surface area contributed by atoms with E-state index < -0.39 is 0 Å². The molecule has 0 aliphatic rings. The molecule has 0 aliphatic carbocycles. The Morgan fingerprint density at radius 3 is 2.60 bits per heavy atom. The van der Waals surface area contributed by atoms with Gasteiger partial charge in [-0.25, -0.2) is 9.97 Å². The van der Waals surface area contributed by atoms with Gasteiger partial charge in [-0.05, 0) is 29.1 Å². The first-order valence-corrected chi connectivity index (χ1v) is 6.95. The zero-order valence-corrected chi connectivity index (χ0v) is 11.3. The quantitative estimate of drug-likeness (QED) is 0.788. The van der Waals surface area contributed by atoms with Crippen LogP contribution in [0.25, 0.3) is 0 Å². The number of hydrogen-bond donors (Lipinski definition) is 2. The fourth-order valence-corrected chi connectivity index (χ4v) is 1.85. The summed E-state index contributed by atoms with van der Waals surface area (Å²) in [5.74, 6) is 2.74. The molecule has 0 amide bonds. The molecule has 0 fully saturated rings. The number of hydrogen-bond acceptors (Lipinski definition) is 5. The molecule has 84 valence electrons. The van der Waals surface area contributed by atoms with Crippen LogP contribution in [-0.2, 0) is 0 Å². The Labute approximate surface area is 103 Å². The monoisotopic (exact) mass is 290 g/mol. The summed E-state index contributed by atoms with van der Waals surface area (Å²) in [5.41, 5.74) is 0. The van der Waals surface area contributed by atoms with Crippen molar-refractivity contribution in [2.45, 2.75) is 6.92 Å². The highest BCUT2D eigenvalue weighted by molar-refractivity contribution is 9.10. The van der Waals surface area contributed by atoms with Gasteiger partial charge in [0.1, 0.15) is 22.4 Å². The lowest BCUT2D eigenvalue weighted by molar-refractivity contribution is 1.08. The Hall–Kier alpha value is -0.490. The van der Waals surface area contributed by atoms with Crippen LogP contribution in [-0.4, -0.2) is 35.1 Å². The molecule has 1 heterocycles. The number of nitrogens with one attached hydrogen (secondary N) is 2. The number of thioether (sulfide) groups is 1. The van der Waals surface area contributed by atoms with E-state index in [9.17, 15) is 0 Å². The molecule has 0 aliphatic heterocycles. The highest BCUT2D eigenvalue weighted by Gasteiger charge is 2.06. The summed E-state index contributed by atoms with van der Waals surface area (Å²) in [5, 5.41) is 6.42. The Kier molecular flexibility index (Phi) is 5.78. The third-order valence-corrected chi connectivity index (χ3v) is 3.10. The normalized spacial score (nSPS) is 10.1. The van der Waals surface area contributed by atoms with Crippen molar-refractivity contribution in [3.8, 4) is 0 Å². The molecule has 2 N–H and O–H groups in total. The predicted octanol–water partition coefficient (Wildman–Crippen LogP) is 2.45. The van der Waals surface area contributed by atoms with Crippen LogP contribution in [0.15, 0.2) is 10.8 Å². The third kappa shape index (κ3) is 3.87. The van der Waals surface area contributed by atoms with E-state index in [0.29, 0.717) is 0 Å². The second-order valence-corrected chi connectivity index (χ2v) is 4.61. The first-order chi connectivity index (χ1) is 7.29. The number of rotatable bonds is 6. The number of nitrogens with zero attached hydrogens (tertiary/aromatic N) is 2. The summed E-state index contributed by atoms with van der Waals surface area (Å²) in [6.45, 7) is 3.79. The van der Waals surface area contributed by atoms with Gasteiger partial charge in [0, 0.05) is 18.8 Å². The van der Waals surface area contributed by atoms with Crippen molar-refractivity contribution in [1.29, 1.82) is 0 Å². The maximum atomic E-state index is 4.17. The van der Waals surface area contributed by atoms with Crippen LogP contribution in [0.5, 0.6) is 0 Å². The van der Waals surface area contributed by atoms with Crippen molar-refractivity contribution in [2.75, 3.05) is 35.7 Å². The zero-order valence-electron chi connectivity index (χ0n) is 8.88. The predicted molar refractivity (Wildman–Crippen MR) is 70.8 cm³/mol. The van der Waals surface area contributed by atoms with E-state index >= 15 is 0 Å². The minimum atomic E-state index is 0.833. The van der Waals surface area contributed by atoms with Gasteiger partial charge in [-0.15, -0.1) is 0 Å². The van der Waals surface area contributed by atoms with Gasteiger partial charge < -0.3 is 10.6 Å². The topological polar surface area (TPSA) is 49.8 Å². The summed E-state index contributed by atoms with van der Waals surface area (Å²) >= 11 is 5.28. The van der Waals surface area contributed by atoms with Crippen LogP contribution in [0, 0.1) is 0 Å². The molecule has 0 aromatic carbocycles. The highest BCUT2D eigenvalue weighted by Crippen LogP contribution is 2.26. The number of halogens is 1. The van der Waals surface area contributed by atoms with Crippen LogP contribution >= 0.6 is 27.7 Å². The molecular weight excluding hydrogens is 276 g/mol. The van der Waals surface area contributed by atoms with Gasteiger partial charge in [0.15, 0.2) is 0 Å². The Bertz CT molecular complexity index is 308. The molecule has 6 heteroatoms. The van der Waals surface area contributed by atoms with Crippen LogP contribution in [0.3, 0.4) is 0 Å². The van der Waals surface area contributed by atoms with Crippen molar-refractivity contribution >= 4 is 39.3 Å². The Balaban J connectivity index is 2.66. The Morgan fingerprint density at radius 2 is 2.00 bits per heavy atom. The summed E-state index contributed by atoms with van der Waals surface area (Å²) in [6.07, 6.45) is 3.64. The van der Waals surface area contributed by atoms with Crippen LogP contribution in [0.1, 0.15) is 6.92 Å². The van der Waals surface area contributed by atoms with Gasteiger partial charge in [-0.1, -0.05) is 0 Å². The zero-order chi connectivity index (χ0) is 11.1. The number of aromatic nitrogens is 2. The molecule has 4 nitrogen and oxygen atoms in total. The molecular formula is C9H15BrN4S. The fourth-order valence-electron chi connectivity index (χ4n) is 1.06. The lowest BCUT2D eigenvalue weighted by Crippen LogP contribution is -2.08. The van der Waals surface area contributed by atoms with Crippen molar-refractivity contribution in [1.82, 2.24) is 9.97 Å². The molecule has 0 atom stereocenters. The molecule has 0 spiro atoms. The van der Waals surface area contributed by atoms with E-state index in [1.54, 1.807) is 18.1 Å². The average molecular weight is 291 g/mol. The second-order valence-electron chi connectivity index (χ2n) is 2.83.